The van der Waals surface area contributed by atoms with E-state index in [1.54, 1.807) is 13.8 Å². The number of rotatable bonds is 5. The minimum atomic E-state index is -4.62. The molecule has 0 aliphatic carbocycles. The molecule has 0 aliphatic heterocycles. The van der Waals surface area contributed by atoms with Crippen LogP contribution in [0.1, 0.15) is 29.9 Å². The average molecular weight is 288 g/mol. The molecule has 0 radical (unpaired) electrons. The Bertz CT molecular complexity index is 527. The molecule has 0 bridgehead atoms. The number of halogens is 3. The molecule has 0 fully saturated rings. The van der Waals surface area contributed by atoms with Gasteiger partial charge in [-0.25, -0.2) is 9.78 Å². The van der Waals surface area contributed by atoms with Crippen molar-refractivity contribution in [2.24, 2.45) is 0 Å². The fraction of sp³-hybridized carbons (Fsp3) is 0.385. The molecule has 1 aromatic rings. The van der Waals surface area contributed by atoms with E-state index in [1.165, 1.54) is 4.90 Å². The summed E-state index contributed by atoms with van der Waals surface area (Å²) in [6, 6.07) is 1.59. The highest BCUT2D eigenvalue weighted by molar-refractivity contribution is 5.93. The van der Waals surface area contributed by atoms with Crippen LogP contribution in [0.4, 0.5) is 19.0 Å². The van der Waals surface area contributed by atoms with Crippen molar-refractivity contribution < 1.29 is 23.1 Å². The van der Waals surface area contributed by atoms with E-state index in [0.29, 0.717) is 18.2 Å². The number of aromatic nitrogens is 1. The second-order valence-electron chi connectivity index (χ2n) is 4.34. The van der Waals surface area contributed by atoms with Crippen molar-refractivity contribution in [1.29, 1.82) is 0 Å². The molecule has 1 rings (SSSR count). The first-order valence-corrected chi connectivity index (χ1v) is 5.87. The largest absolute Gasteiger partial charge is 0.478 e. The monoisotopic (exact) mass is 288 g/mol. The molecule has 0 unspecified atom stereocenters. The number of carboxylic acid groups (broad SMARTS) is 1. The van der Waals surface area contributed by atoms with Gasteiger partial charge in [-0.05, 0) is 26.0 Å². The Labute approximate surface area is 114 Å². The van der Waals surface area contributed by atoms with Crippen LogP contribution in [-0.2, 0) is 6.18 Å². The van der Waals surface area contributed by atoms with Crippen LogP contribution in [0, 0.1) is 0 Å². The third kappa shape index (κ3) is 3.72. The summed E-state index contributed by atoms with van der Waals surface area (Å²) in [4.78, 5) is 16.0. The van der Waals surface area contributed by atoms with Crippen LogP contribution in [0.3, 0.4) is 0 Å². The fourth-order valence-electron chi connectivity index (χ4n) is 1.68. The molecule has 0 aromatic carbocycles. The quantitative estimate of drug-likeness (QED) is 0.845. The van der Waals surface area contributed by atoms with E-state index in [-0.39, 0.29) is 17.9 Å². The maximum Gasteiger partial charge on any atom is 0.433 e. The number of alkyl halides is 3. The Morgan fingerprint density at radius 3 is 2.45 bits per heavy atom. The van der Waals surface area contributed by atoms with Gasteiger partial charge in [-0.1, -0.05) is 12.2 Å². The molecular weight excluding hydrogens is 273 g/mol. The molecule has 4 nitrogen and oxygen atoms in total. The lowest BCUT2D eigenvalue weighted by atomic mass is 10.2. The summed E-state index contributed by atoms with van der Waals surface area (Å²) in [5.41, 5.74) is -0.679. The van der Waals surface area contributed by atoms with Crippen LogP contribution in [0.25, 0.3) is 0 Å². The summed E-state index contributed by atoms with van der Waals surface area (Å²) in [5, 5.41) is 9.07. The second kappa shape index (κ2) is 5.94. The van der Waals surface area contributed by atoms with Gasteiger partial charge in [-0.15, -0.1) is 0 Å². The van der Waals surface area contributed by atoms with E-state index in [0.717, 1.165) is 6.07 Å². The van der Waals surface area contributed by atoms with Crippen molar-refractivity contribution in [3.05, 3.63) is 35.5 Å². The van der Waals surface area contributed by atoms with Gasteiger partial charge in [0.1, 0.15) is 17.1 Å². The lowest BCUT2D eigenvalue weighted by Gasteiger charge is -2.24. The van der Waals surface area contributed by atoms with Crippen LogP contribution in [-0.4, -0.2) is 29.1 Å². The Balaban J connectivity index is 3.37. The molecule has 1 N–H and O–H groups in total. The Morgan fingerprint density at radius 1 is 1.45 bits per heavy atom. The first kappa shape index (κ1) is 16.0. The SMILES string of the molecule is C=C(C)CN(CC)c1nc(C(F)(F)F)ccc1C(=O)O. The van der Waals surface area contributed by atoms with E-state index in [4.69, 9.17) is 5.11 Å². The molecule has 0 atom stereocenters. The van der Waals surface area contributed by atoms with Crippen molar-refractivity contribution in [3.8, 4) is 0 Å². The highest BCUT2D eigenvalue weighted by Crippen LogP contribution is 2.30. The first-order chi connectivity index (χ1) is 9.16. The molecule has 0 spiro atoms. The molecule has 1 aromatic heterocycles. The van der Waals surface area contributed by atoms with Crippen molar-refractivity contribution in [1.82, 2.24) is 4.98 Å². The molecular formula is C13H15F3N2O2. The van der Waals surface area contributed by atoms with Crippen molar-refractivity contribution in [3.63, 3.8) is 0 Å². The molecule has 0 aliphatic rings. The maximum absolute atomic E-state index is 12.7. The van der Waals surface area contributed by atoms with Gasteiger partial charge in [-0.2, -0.15) is 13.2 Å². The zero-order chi connectivity index (χ0) is 15.5. The van der Waals surface area contributed by atoms with Crippen LogP contribution < -0.4 is 4.90 Å². The topological polar surface area (TPSA) is 53.4 Å². The van der Waals surface area contributed by atoms with Gasteiger partial charge in [0.2, 0.25) is 0 Å². The zero-order valence-electron chi connectivity index (χ0n) is 11.2. The van der Waals surface area contributed by atoms with Gasteiger partial charge in [0, 0.05) is 13.1 Å². The summed E-state index contributed by atoms with van der Waals surface area (Å²) in [6.07, 6.45) is -4.62. The summed E-state index contributed by atoms with van der Waals surface area (Å²) in [7, 11) is 0. The number of anilines is 1. The summed E-state index contributed by atoms with van der Waals surface area (Å²) in [5.74, 6) is -1.51. The fourth-order valence-corrected chi connectivity index (χ4v) is 1.68. The standard InChI is InChI=1S/C13H15F3N2O2/c1-4-18(7-8(2)3)11-9(12(19)20)5-6-10(17-11)13(14,15)16/h5-6H,2,4,7H2,1,3H3,(H,19,20). The molecule has 20 heavy (non-hydrogen) atoms. The smallest absolute Gasteiger partial charge is 0.433 e. The molecule has 110 valence electrons. The number of carboxylic acids is 1. The lowest BCUT2D eigenvalue weighted by molar-refractivity contribution is -0.141. The number of hydrogen-bond acceptors (Lipinski definition) is 3. The average Bonchev–Trinajstić information content (AvgIpc) is 2.33. The highest BCUT2D eigenvalue weighted by Gasteiger charge is 2.34. The Kier molecular flexibility index (Phi) is 4.75. The molecule has 0 amide bonds. The minimum absolute atomic E-state index is 0.196. The predicted molar refractivity (Wildman–Crippen MR) is 68.9 cm³/mol. The highest BCUT2D eigenvalue weighted by atomic mass is 19.4. The van der Waals surface area contributed by atoms with E-state index in [2.05, 4.69) is 11.6 Å². The van der Waals surface area contributed by atoms with E-state index >= 15 is 0 Å². The minimum Gasteiger partial charge on any atom is -0.478 e. The molecule has 0 saturated heterocycles. The number of carbonyl (C=O) groups is 1. The normalized spacial score (nSPS) is 11.2. The van der Waals surface area contributed by atoms with Gasteiger partial charge in [0.05, 0.1) is 0 Å². The van der Waals surface area contributed by atoms with Gasteiger partial charge in [-0.3, -0.25) is 0 Å². The zero-order valence-corrected chi connectivity index (χ0v) is 11.2. The summed E-state index contributed by atoms with van der Waals surface area (Å²) in [6.45, 7) is 7.65. The number of pyridine rings is 1. The summed E-state index contributed by atoms with van der Waals surface area (Å²) >= 11 is 0. The predicted octanol–water partition coefficient (Wildman–Crippen LogP) is 3.20. The van der Waals surface area contributed by atoms with Crippen molar-refractivity contribution >= 4 is 11.8 Å². The number of nitrogens with zero attached hydrogens (tertiary/aromatic N) is 2. The van der Waals surface area contributed by atoms with E-state index in [1.807, 2.05) is 0 Å². The third-order valence-corrected chi connectivity index (χ3v) is 2.54. The van der Waals surface area contributed by atoms with E-state index < -0.39 is 17.8 Å². The van der Waals surface area contributed by atoms with Crippen molar-refractivity contribution in [2.45, 2.75) is 20.0 Å². The van der Waals surface area contributed by atoms with Gasteiger partial charge >= 0.3 is 12.1 Å². The first-order valence-electron chi connectivity index (χ1n) is 5.87. The number of likely N-dealkylation sites (N-methyl/N-ethyl adjacent to an activating group) is 1. The second-order valence-corrected chi connectivity index (χ2v) is 4.34. The molecule has 0 saturated carbocycles. The van der Waals surface area contributed by atoms with Crippen LogP contribution in [0.15, 0.2) is 24.3 Å². The maximum atomic E-state index is 12.7. The van der Waals surface area contributed by atoms with Crippen LogP contribution in [0.5, 0.6) is 0 Å². The lowest BCUT2D eigenvalue weighted by Crippen LogP contribution is -2.28. The van der Waals surface area contributed by atoms with Crippen molar-refractivity contribution in [2.75, 3.05) is 18.0 Å². The Morgan fingerprint density at radius 2 is 2.05 bits per heavy atom. The van der Waals surface area contributed by atoms with Gasteiger partial charge in [0.15, 0.2) is 0 Å². The van der Waals surface area contributed by atoms with Crippen LogP contribution >= 0.6 is 0 Å². The van der Waals surface area contributed by atoms with Gasteiger partial charge < -0.3 is 10.0 Å². The van der Waals surface area contributed by atoms with Gasteiger partial charge in [0.25, 0.3) is 0 Å². The number of aromatic carboxylic acids is 1. The summed E-state index contributed by atoms with van der Waals surface area (Å²) < 4.78 is 38.1. The van der Waals surface area contributed by atoms with Crippen LogP contribution in [0.2, 0.25) is 0 Å². The van der Waals surface area contributed by atoms with E-state index in [9.17, 15) is 18.0 Å². The molecule has 1 heterocycles. The third-order valence-electron chi connectivity index (χ3n) is 2.54. The molecule has 7 heteroatoms. The number of hydrogen-bond donors (Lipinski definition) is 1. The Hall–Kier alpha value is -2.05.